The van der Waals surface area contributed by atoms with Gasteiger partial charge in [0.05, 0.1) is 4.90 Å². The number of aliphatic imine (C=N–C) groups is 1. The highest BCUT2D eigenvalue weighted by molar-refractivity contribution is 7.89. The lowest BCUT2D eigenvalue weighted by atomic mass is 10.1. The summed E-state index contributed by atoms with van der Waals surface area (Å²) in [5.74, 6) is 0.693. The third-order valence-electron chi connectivity index (χ3n) is 4.74. The second-order valence-corrected chi connectivity index (χ2v) is 8.73. The molecule has 2 rings (SSSR count). The van der Waals surface area contributed by atoms with Crippen molar-refractivity contribution in [2.45, 2.75) is 38.0 Å². The molecule has 3 N–H and O–H groups in total. The molecule has 1 heterocycles. The first-order chi connectivity index (χ1) is 12.9. The minimum Gasteiger partial charge on any atom is -0.355 e. The molecule has 0 aromatic heterocycles. The Balaban J connectivity index is 1.71. The summed E-state index contributed by atoms with van der Waals surface area (Å²) >= 11 is 0. The first-order valence-electron chi connectivity index (χ1n) is 9.66. The van der Waals surface area contributed by atoms with Crippen LogP contribution in [0.4, 0.5) is 0 Å². The summed E-state index contributed by atoms with van der Waals surface area (Å²) in [6.07, 6.45) is 3.91. The van der Waals surface area contributed by atoms with Gasteiger partial charge in [0.15, 0.2) is 5.96 Å². The Labute approximate surface area is 163 Å². The van der Waals surface area contributed by atoms with E-state index >= 15 is 0 Å². The molecule has 0 radical (unpaired) electrons. The summed E-state index contributed by atoms with van der Waals surface area (Å²) in [7, 11) is -1.79. The van der Waals surface area contributed by atoms with Gasteiger partial charge in [-0.25, -0.2) is 13.1 Å². The van der Waals surface area contributed by atoms with Crippen LogP contribution in [0.15, 0.2) is 28.1 Å². The van der Waals surface area contributed by atoms with Gasteiger partial charge < -0.3 is 15.5 Å². The van der Waals surface area contributed by atoms with E-state index in [9.17, 15) is 8.42 Å². The predicted octanol–water partition coefficient (Wildman–Crippen LogP) is 1.23. The van der Waals surface area contributed by atoms with E-state index in [2.05, 4.69) is 25.2 Å². The molecule has 7 nitrogen and oxygen atoms in total. The highest BCUT2D eigenvalue weighted by Crippen LogP contribution is 2.16. The second-order valence-electron chi connectivity index (χ2n) is 6.99. The molecule has 1 aliphatic rings. The van der Waals surface area contributed by atoms with Crippen molar-refractivity contribution in [2.24, 2.45) is 4.99 Å². The standard InChI is InChI=1S/C19H33N5O2S/c1-16-7-8-17(2)18(15-16)27(25,26)23-10-9-21-19(20-3)22-11-14-24-12-5-4-6-13-24/h7-8,15,23H,4-6,9-14H2,1-3H3,(H2,20,21,22). The van der Waals surface area contributed by atoms with Gasteiger partial charge >= 0.3 is 0 Å². The third-order valence-corrected chi connectivity index (χ3v) is 6.34. The fourth-order valence-electron chi connectivity index (χ4n) is 3.18. The van der Waals surface area contributed by atoms with Crippen LogP contribution in [0.3, 0.4) is 0 Å². The van der Waals surface area contributed by atoms with Crippen molar-refractivity contribution >= 4 is 16.0 Å². The lowest BCUT2D eigenvalue weighted by Gasteiger charge is -2.26. The highest BCUT2D eigenvalue weighted by atomic mass is 32.2. The molecule has 1 aromatic rings. The van der Waals surface area contributed by atoms with Crippen molar-refractivity contribution in [3.05, 3.63) is 29.3 Å². The normalized spacial score (nSPS) is 16.3. The number of piperidine rings is 1. The van der Waals surface area contributed by atoms with Gasteiger partial charge in [0.25, 0.3) is 0 Å². The number of nitrogens with one attached hydrogen (secondary N) is 3. The first kappa shape index (κ1) is 21.7. The molecule has 1 aliphatic heterocycles. The summed E-state index contributed by atoms with van der Waals surface area (Å²) < 4.78 is 27.6. The average Bonchev–Trinajstić information content (AvgIpc) is 2.66. The van der Waals surface area contributed by atoms with E-state index in [4.69, 9.17) is 0 Å². The fourth-order valence-corrected chi connectivity index (χ4v) is 4.54. The van der Waals surface area contributed by atoms with E-state index in [1.54, 1.807) is 20.0 Å². The molecule has 1 fully saturated rings. The van der Waals surface area contributed by atoms with E-state index in [1.807, 2.05) is 19.1 Å². The van der Waals surface area contributed by atoms with Crippen molar-refractivity contribution in [3.63, 3.8) is 0 Å². The summed E-state index contributed by atoms with van der Waals surface area (Å²) in [6.45, 7) is 8.63. The van der Waals surface area contributed by atoms with Crippen molar-refractivity contribution in [1.29, 1.82) is 0 Å². The third kappa shape index (κ3) is 7.12. The second kappa shape index (κ2) is 10.6. The van der Waals surface area contributed by atoms with Crippen LogP contribution in [-0.2, 0) is 10.0 Å². The van der Waals surface area contributed by atoms with Crippen molar-refractivity contribution < 1.29 is 8.42 Å². The number of guanidine groups is 1. The molecule has 0 atom stereocenters. The Morgan fingerprint density at radius 2 is 1.78 bits per heavy atom. The fraction of sp³-hybridized carbons (Fsp3) is 0.632. The van der Waals surface area contributed by atoms with Crippen molar-refractivity contribution in [3.8, 4) is 0 Å². The van der Waals surface area contributed by atoms with Crippen LogP contribution in [0.1, 0.15) is 30.4 Å². The molecule has 0 unspecified atom stereocenters. The van der Waals surface area contributed by atoms with E-state index in [0.717, 1.165) is 24.2 Å². The van der Waals surface area contributed by atoms with Gasteiger partial charge in [-0.2, -0.15) is 0 Å². The molecule has 8 heteroatoms. The number of nitrogens with zero attached hydrogens (tertiary/aromatic N) is 2. The van der Waals surface area contributed by atoms with Gasteiger partial charge in [0.1, 0.15) is 0 Å². The van der Waals surface area contributed by atoms with Crippen LogP contribution >= 0.6 is 0 Å². The number of likely N-dealkylation sites (tertiary alicyclic amines) is 1. The minimum absolute atomic E-state index is 0.294. The predicted molar refractivity (Wildman–Crippen MR) is 111 cm³/mol. The number of aryl methyl sites for hydroxylation is 2. The van der Waals surface area contributed by atoms with Crippen molar-refractivity contribution in [1.82, 2.24) is 20.3 Å². The zero-order chi connectivity index (χ0) is 19.7. The molecule has 1 saturated heterocycles. The zero-order valence-electron chi connectivity index (χ0n) is 16.7. The van der Waals surface area contributed by atoms with E-state index in [1.165, 1.54) is 32.4 Å². The molecule has 0 bridgehead atoms. The van der Waals surface area contributed by atoms with Crippen LogP contribution in [0.2, 0.25) is 0 Å². The lowest BCUT2D eigenvalue weighted by molar-refractivity contribution is 0.232. The number of hydrogen-bond donors (Lipinski definition) is 3. The van der Waals surface area contributed by atoms with E-state index < -0.39 is 10.0 Å². The molecule has 0 spiro atoms. The van der Waals surface area contributed by atoms with Gasteiger partial charge in [-0.15, -0.1) is 0 Å². The van der Waals surface area contributed by atoms with E-state index in [0.29, 0.717) is 23.9 Å². The Bertz CT molecular complexity index is 728. The van der Waals surface area contributed by atoms with Gasteiger partial charge in [-0.1, -0.05) is 18.6 Å². The molecule has 0 saturated carbocycles. The maximum atomic E-state index is 12.5. The Morgan fingerprint density at radius 1 is 1.07 bits per heavy atom. The quantitative estimate of drug-likeness (QED) is 0.350. The average molecular weight is 396 g/mol. The van der Waals surface area contributed by atoms with Gasteiger partial charge in [-0.05, 0) is 57.0 Å². The molecular formula is C19H33N5O2S. The van der Waals surface area contributed by atoms with Gasteiger partial charge in [0, 0.05) is 33.2 Å². The summed E-state index contributed by atoms with van der Waals surface area (Å²) in [6, 6.07) is 5.44. The molecule has 0 aliphatic carbocycles. The SMILES string of the molecule is CN=C(NCCNS(=O)(=O)c1cc(C)ccc1C)NCCN1CCCCC1. The van der Waals surface area contributed by atoms with Crippen LogP contribution in [0.5, 0.6) is 0 Å². The van der Waals surface area contributed by atoms with Crippen LogP contribution in [-0.4, -0.2) is 65.6 Å². The van der Waals surface area contributed by atoms with Gasteiger partial charge in [-0.3, -0.25) is 4.99 Å². The maximum Gasteiger partial charge on any atom is 0.240 e. The highest BCUT2D eigenvalue weighted by Gasteiger charge is 2.16. The number of rotatable bonds is 8. The largest absolute Gasteiger partial charge is 0.355 e. The Hall–Kier alpha value is -1.64. The van der Waals surface area contributed by atoms with Crippen molar-refractivity contribution in [2.75, 3.05) is 46.3 Å². The van der Waals surface area contributed by atoms with E-state index in [-0.39, 0.29) is 0 Å². The zero-order valence-corrected chi connectivity index (χ0v) is 17.5. The maximum absolute atomic E-state index is 12.5. The molecule has 1 aromatic carbocycles. The molecule has 0 amide bonds. The summed E-state index contributed by atoms with van der Waals surface area (Å²) in [5, 5.41) is 6.43. The minimum atomic E-state index is -3.51. The molecular weight excluding hydrogens is 362 g/mol. The van der Waals surface area contributed by atoms with Crippen LogP contribution in [0.25, 0.3) is 0 Å². The lowest BCUT2D eigenvalue weighted by Crippen LogP contribution is -2.44. The number of benzene rings is 1. The number of sulfonamides is 1. The topological polar surface area (TPSA) is 85.8 Å². The first-order valence-corrected chi connectivity index (χ1v) is 11.1. The smallest absolute Gasteiger partial charge is 0.240 e. The van der Waals surface area contributed by atoms with Gasteiger partial charge in [0.2, 0.25) is 10.0 Å². The van der Waals surface area contributed by atoms with Crippen LogP contribution < -0.4 is 15.4 Å². The summed E-state index contributed by atoms with van der Waals surface area (Å²) in [4.78, 5) is 6.99. The Morgan fingerprint density at radius 3 is 2.48 bits per heavy atom. The summed E-state index contributed by atoms with van der Waals surface area (Å²) in [5.41, 5.74) is 1.67. The Kier molecular flexibility index (Phi) is 8.53. The number of hydrogen-bond acceptors (Lipinski definition) is 4. The monoisotopic (exact) mass is 395 g/mol. The molecule has 27 heavy (non-hydrogen) atoms. The molecule has 152 valence electrons. The van der Waals surface area contributed by atoms with Crippen LogP contribution in [0, 0.1) is 13.8 Å².